The number of carbonyl (C=O) groups is 3. The van der Waals surface area contributed by atoms with Crippen molar-refractivity contribution in [1.82, 2.24) is 15.1 Å². The molecule has 7 heteroatoms. The van der Waals surface area contributed by atoms with Crippen LogP contribution in [-0.2, 0) is 16.1 Å². The smallest absolute Gasteiger partial charge is 0.410 e. The third kappa shape index (κ3) is 2.67. The van der Waals surface area contributed by atoms with Crippen molar-refractivity contribution in [2.24, 2.45) is 0 Å². The molecule has 7 nitrogen and oxygen atoms in total. The first-order valence-corrected chi connectivity index (χ1v) is 6.72. The Balaban J connectivity index is 1.57. The van der Waals surface area contributed by atoms with Crippen LogP contribution < -0.4 is 5.32 Å². The number of urea groups is 1. The molecule has 0 aromatic heterocycles. The Labute approximate surface area is 121 Å². The highest BCUT2D eigenvalue weighted by atomic mass is 16.6. The Kier molecular flexibility index (Phi) is 3.47. The summed E-state index contributed by atoms with van der Waals surface area (Å²) in [6, 6.07) is 8.38. The number of benzene rings is 1. The average molecular weight is 289 g/mol. The van der Waals surface area contributed by atoms with Crippen LogP contribution in [-0.4, -0.2) is 53.5 Å². The van der Waals surface area contributed by atoms with Crippen molar-refractivity contribution >= 4 is 18.0 Å². The lowest BCUT2D eigenvalue weighted by molar-refractivity contribution is -0.122. The van der Waals surface area contributed by atoms with E-state index in [0.29, 0.717) is 13.1 Å². The van der Waals surface area contributed by atoms with Crippen molar-refractivity contribution in [1.29, 1.82) is 0 Å². The van der Waals surface area contributed by atoms with E-state index in [-0.39, 0.29) is 25.1 Å². The van der Waals surface area contributed by atoms with E-state index in [1.165, 1.54) is 9.80 Å². The summed E-state index contributed by atoms with van der Waals surface area (Å²) in [7, 11) is 0. The maximum Gasteiger partial charge on any atom is 0.410 e. The molecule has 0 saturated carbocycles. The molecule has 4 amide bonds. The third-order valence-corrected chi connectivity index (χ3v) is 3.64. The van der Waals surface area contributed by atoms with Crippen LogP contribution in [0.1, 0.15) is 5.56 Å². The first-order valence-electron chi connectivity index (χ1n) is 6.72. The number of fused-ring (bicyclic) bond motifs is 1. The molecule has 1 unspecified atom stereocenters. The summed E-state index contributed by atoms with van der Waals surface area (Å²) in [5.74, 6) is -0.361. The lowest BCUT2D eigenvalue weighted by Gasteiger charge is -2.34. The maximum atomic E-state index is 12.0. The van der Waals surface area contributed by atoms with Crippen LogP contribution in [0.4, 0.5) is 9.59 Å². The van der Waals surface area contributed by atoms with E-state index in [2.05, 4.69) is 5.32 Å². The highest BCUT2D eigenvalue weighted by Gasteiger charge is 2.43. The molecule has 0 aliphatic carbocycles. The van der Waals surface area contributed by atoms with Crippen LogP contribution >= 0.6 is 0 Å². The standard InChI is InChI=1S/C14H15N3O4/c18-12-11-8-16(6-7-17(11)13(19)15-12)14(20)21-9-10-4-2-1-3-5-10/h1-5,11H,6-9H2,(H,15,18,19). The fraction of sp³-hybridized carbons (Fsp3) is 0.357. The van der Waals surface area contributed by atoms with E-state index in [4.69, 9.17) is 4.74 Å². The Hall–Kier alpha value is -2.57. The number of nitrogens with one attached hydrogen (secondary N) is 1. The highest BCUT2D eigenvalue weighted by molar-refractivity contribution is 6.04. The van der Waals surface area contributed by atoms with Crippen LogP contribution in [0.15, 0.2) is 30.3 Å². The zero-order valence-corrected chi connectivity index (χ0v) is 11.3. The second kappa shape index (κ2) is 5.43. The van der Waals surface area contributed by atoms with Gasteiger partial charge in [0.05, 0.1) is 6.54 Å². The van der Waals surface area contributed by atoms with Crippen LogP contribution in [0.5, 0.6) is 0 Å². The average Bonchev–Trinajstić information content (AvgIpc) is 2.80. The number of hydrogen-bond acceptors (Lipinski definition) is 4. The van der Waals surface area contributed by atoms with E-state index in [0.717, 1.165) is 5.56 Å². The van der Waals surface area contributed by atoms with Gasteiger partial charge in [-0.1, -0.05) is 30.3 Å². The number of rotatable bonds is 2. The molecule has 21 heavy (non-hydrogen) atoms. The minimum Gasteiger partial charge on any atom is -0.445 e. The molecule has 1 aromatic rings. The third-order valence-electron chi connectivity index (χ3n) is 3.64. The summed E-state index contributed by atoms with van der Waals surface area (Å²) < 4.78 is 5.23. The quantitative estimate of drug-likeness (QED) is 0.807. The highest BCUT2D eigenvalue weighted by Crippen LogP contribution is 2.16. The van der Waals surface area contributed by atoms with Crippen LogP contribution in [0.2, 0.25) is 0 Å². The van der Waals surface area contributed by atoms with Gasteiger partial charge in [0.25, 0.3) is 5.91 Å². The van der Waals surface area contributed by atoms with Gasteiger partial charge in [-0.2, -0.15) is 0 Å². The summed E-state index contributed by atoms with van der Waals surface area (Å²) in [5.41, 5.74) is 0.901. The van der Waals surface area contributed by atoms with Crippen molar-refractivity contribution in [3.8, 4) is 0 Å². The molecule has 2 aliphatic heterocycles. The first kappa shape index (κ1) is 13.4. The predicted molar refractivity (Wildman–Crippen MR) is 72.2 cm³/mol. The van der Waals surface area contributed by atoms with E-state index >= 15 is 0 Å². The van der Waals surface area contributed by atoms with Gasteiger partial charge in [-0.25, -0.2) is 9.59 Å². The van der Waals surface area contributed by atoms with Crippen LogP contribution in [0.3, 0.4) is 0 Å². The lowest BCUT2D eigenvalue weighted by Crippen LogP contribution is -2.54. The lowest BCUT2D eigenvalue weighted by atomic mass is 10.2. The molecule has 0 spiro atoms. The normalized spacial score (nSPS) is 21.0. The zero-order valence-electron chi connectivity index (χ0n) is 11.3. The Morgan fingerprint density at radius 1 is 1.24 bits per heavy atom. The fourth-order valence-electron chi connectivity index (χ4n) is 2.49. The number of imide groups is 1. The van der Waals surface area contributed by atoms with Crippen molar-refractivity contribution in [3.05, 3.63) is 35.9 Å². The molecule has 110 valence electrons. The molecule has 0 radical (unpaired) electrons. The Morgan fingerprint density at radius 3 is 2.76 bits per heavy atom. The topological polar surface area (TPSA) is 79.0 Å². The SMILES string of the molecule is O=C1NC(=O)N2CCN(C(=O)OCc3ccccc3)CC12. The molecular weight excluding hydrogens is 274 g/mol. The van der Waals surface area contributed by atoms with Gasteiger partial charge in [0.1, 0.15) is 12.6 Å². The van der Waals surface area contributed by atoms with E-state index < -0.39 is 12.1 Å². The molecule has 2 aliphatic rings. The van der Waals surface area contributed by atoms with Crippen LogP contribution in [0.25, 0.3) is 0 Å². The number of amides is 4. The zero-order chi connectivity index (χ0) is 14.8. The van der Waals surface area contributed by atoms with Gasteiger partial charge in [0.2, 0.25) is 0 Å². The summed E-state index contributed by atoms with van der Waals surface area (Å²) >= 11 is 0. The molecule has 2 heterocycles. The van der Waals surface area contributed by atoms with Gasteiger partial charge in [-0.05, 0) is 5.56 Å². The van der Waals surface area contributed by atoms with Gasteiger partial charge in [-0.15, -0.1) is 0 Å². The minimum absolute atomic E-state index is 0.172. The van der Waals surface area contributed by atoms with Crippen molar-refractivity contribution < 1.29 is 19.1 Å². The monoisotopic (exact) mass is 289 g/mol. The van der Waals surface area contributed by atoms with Gasteiger partial charge in [0.15, 0.2) is 0 Å². The van der Waals surface area contributed by atoms with Crippen molar-refractivity contribution in [2.75, 3.05) is 19.6 Å². The Bertz CT molecular complexity index is 575. The van der Waals surface area contributed by atoms with Crippen LogP contribution in [0, 0.1) is 0 Å². The van der Waals surface area contributed by atoms with E-state index in [9.17, 15) is 14.4 Å². The first-order chi connectivity index (χ1) is 10.1. The summed E-state index contributed by atoms with van der Waals surface area (Å²) in [6.07, 6.45) is -0.467. The fourth-order valence-corrected chi connectivity index (χ4v) is 2.49. The van der Waals surface area contributed by atoms with Crippen molar-refractivity contribution in [3.63, 3.8) is 0 Å². The Morgan fingerprint density at radius 2 is 2.00 bits per heavy atom. The van der Waals surface area contributed by atoms with E-state index in [1.54, 1.807) is 0 Å². The molecule has 2 saturated heterocycles. The van der Waals surface area contributed by atoms with E-state index in [1.807, 2.05) is 30.3 Å². The van der Waals surface area contributed by atoms with Gasteiger partial charge in [-0.3, -0.25) is 10.1 Å². The van der Waals surface area contributed by atoms with Gasteiger partial charge < -0.3 is 14.5 Å². The van der Waals surface area contributed by atoms with Crippen molar-refractivity contribution in [2.45, 2.75) is 12.6 Å². The molecule has 1 N–H and O–H groups in total. The summed E-state index contributed by atoms with van der Waals surface area (Å²) in [5, 5.41) is 2.25. The maximum absolute atomic E-state index is 12.0. The molecule has 3 rings (SSSR count). The van der Waals surface area contributed by atoms with Gasteiger partial charge in [0, 0.05) is 13.1 Å². The molecular formula is C14H15N3O4. The van der Waals surface area contributed by atoms with Gasteiger partial charge >= 0.3 is 12.1 Å². The number of piperazine rings is 1. The minimum atomic E-state index is -0.601. The number of nitrogens with zero attached hydrogens (tertiary/aromatic N) is 2. The molecule has 0 bridgehead atoms. The summed E-state index contributed by atoms with van der Waals surface area (Å²) in [4.78, 5) is 38.0. The molecule has 2 fully saturated rings. The number of carbonyl (C=O) groups excluding carboxylic acids is 3. The predicted octanol–water partition coefficient (Wildman–Crippen LogP) is 0.559. The number of ether oxygens (including phenoxy) is 1. The molecule has 1 aromatic carbocycles. The summed E-state index contributed by atoms with van der Waals surface area (Å²) in [6.45, 7) is 1.06. The second-order valence-electron chi connectivity index (χ2n) is 4.99. The number of hydrogen-bond donors (Lipinski definition) is 1. The largest absolute Gasteiger partial charge is 0.445 e. The second-order valence-corrected chi connectivity index (χ2v) is 4.99. The molecule has 1 atom stereocenters.